The zero-order chi connectivity index (χ0) is 17.5. The summed E-state index contributed by atoms with van der Waals surface area (Å²) in [5.74, 6) is 1.76. The molecule has 0 bridgehead atoms. The Morgan fingerprint density at radius 1 is 1.04 bits per heavy atom. The molecule has 0 aliphatic heterocycles. The summed E-state index contributed by atoms with van der Waals surface area (Å²) in [5, 5.41) is 3.64. The van der Waals surface area contributed by atoms with Gasteiger partial charge in [-0.3, -0.25) is 0 Å². The minimum atomic E-state index is 0.341. The fourth-order valence-corrected chi connectivity index (χ4v) is 3.46. The molecule has 1 fully saturated rings. The van der Waals surface area contributed by atoms with E-state index in [0.29, 0.717) is 12.1 Å². The standard InChI is InChI=1S/C21H30N4/c1-17(2)25(16-18-10-6-5-7-11-18)21-22-15-14-20(24-21)23-19-12-8-3-4-9-13-19/h5-7,10-11,14-15,17,19H,3-4,8-9,12-13,16H2,1-2H3,(H,22,23,24). The van der Waals surface area contributed by atoms with Gasteiger partial charge in [-0.15, -0.1) is 0 Å². The molecule has 1 saturated carbocycles. The highest BCUT2D eigenvalue weighted by Gasteiger charge is 2.16. The Bertz CT molecular complexity index is 633. The zero-order valence-corrected chi connectivity index (χ0v) is 15.5. The first-order valence-electron chi connectivity index (χ1n) is 9.62. The van der Waals surface area contributed by atoms with Crippen molar-refractivity contribution in [3.63, 3.8) is 0 Å². The van der Waals surface area contributed by atoms with Crippen molar-refractivity contribution in [2.45, 2.75) is 71.0 Å². The third-order valence-electron chi connectivity index (χ3n) is 4.93. The second-order valence-electron chi connectivity index (χ2n) is 7.28. The Hall–Kier alpha value is -2.10. The molecule has 3 rings (SSSR count). The average molecular weight is 338 g/mol. The molecule has 1 aliphatic rings. The molecular weight excluding hydrogens is 308 g/mol. The average Bonchev–Trinajstić information content (AvgIpc) is 2.89. The lowest BCUT2D eigenvalue weighted by atomic mass is 10.1. The number of nitrogens with zero attached hydrogens (tertiary/aromatic N) is 3. The van der Waals surface area contributed by atoms with Crippen LogP contribution < -0.4 is 10.2 Å². The van der Waals surface area contributed by atoms with Crippen LogP contribution in [-0.2, 0) is 6.54 Å². The molecule has 25 heavy (non-hydrogen) atoms. The Labute approximate surface area is 151 Å². The second-order valence-corrected chi connectivity index (χ2v) is 7.28. The minimum Gasteiger partial charge on any atom is -0.367 e. The first kappa shape index (κ1) is 17.7. The maximum atomic E-state index is 4.82. The monoisotopic (exact) mass is 338 g/mol. The van der Waals surface area contributed by atoms with Crippen LogP contribution in [0, 0.1) is 0 Å². The van der Waals surface area contributed by atoms with E-state index in [2.05, 4.69) is 59.4 Å². The van der Waals surface area contributed by atoms with E-state index in [1.807, 2.05) is 12.3 Å². The van der Waals surface area contributed by atoms with Crippen LogP contribution >= 0.6 is 0 Å². The van der Waals surface area contributed by atoms with Gasteiger partial charge in [0.25, 0.3) is 0 Å². The van der Waals surface area contributed by atoms with E-state index in [1.54, 1.807) is 0 Å². The molecule has 1 heterocycles. The molecule has 1 N–H and O–H groups in total. The molecule has 0 saturated heterocycles. The van der Waals surface area contributed by atoms with Gasteiger partial charge in [0.15, 0.2) is 0 Å². The predicted octanol–water partition coefficient (Wildman–Crippen LogP) is 5.03. The van der Waals surface area contributed by atoms with Crippen LogP contribution in [0.1, 0.15) is 57.9 Å². The maximum Gasteiger partial charge on any atom is 0.227 e. The molecular formula is C21H30N4. The Morgan fingerprint density at radius 2 is 1.76 bits per heavy atom. The fourth-order valence-electron chi connectivity index (χ4n) is 3.46. The summed E-state index contributed by atoms with van der Waals surface area (Å²) in [4.78, 5) is 11.6. The molecule has 4 nitrogen and oxygen atoms in total. The van der Waals surface area contributed by atoms with E-state index in [0.717, 1.165) is 18.3 Å². The van der Waals surface area contributed by atoms with E-state index in [1.165, 1.54) is 44.1 Å². The fraction of sp³-hybridized carbons (Fsp3) is 0.524. The molecule has 0 radical (unpaired) electrons. The van der Waals surface area contributed by atoms with Crippen LogP contribution in [-0.4, -0.2) is 22.1 Å². The van der Waals surface area contributed by atoms with Crippen molar-refractivity contribution in [1.82, 2.24) is 9.97 Å². The summed E-state index contributed by atoms with van der Waals surface area (Å²) in [6, 6.07) is 13.4. The van der Waals surface area contributed by atoms with Crippen LogP contribution in [0.25, 0.3) is 0 Å². The van der Waals surface area contributed by atoms with Crippen molar-refractivity contribution in [2.24, 2.45) is 0 Å². The summed E-state index contributed by atoms with van der Waals surface area (Å²) in [6.07, 6.45) is 9.75. The number of nitrogens with one attached hydrogen (secondary N) is 1. The third kappa shape index (κ3) is 5.18. The van der Waals surface area contributed by atoms with E-state index >= 15 is 0 Å². The van der Waals surface area contributed by atoms with Crippen LogP contribution in [0.5, 0.6) is 0 Å². The van der Waals surface area contributed by atoms with Crippen molar-refractivity contribution in [2.75, 3.05) is 10.2 Å². The summed E-state index contributed by atoms with van der Waals surface area (Å²) in [7, 11) is 0. The van der Waals surface area contributed by atoms with Crippen molar-refractivity contribution in [3.8, 4) is 0 Å². The molecule has 4 heteroatoms. The van der Waals surface area contributed by atoms with Crippen LogP contribution in [0.4, 0.5) is 11.8 Å². The zero-order valence-electron chi connectivity index (χ0n) is 15.5. The Balaban J connectivity index is 1.73. The maximum absolute atomic E-state index is 4.82. The van der Waals surface area contributed by atoms with Crippen molar-refractivity contribution >= 4 is 11.8 Å². The van der Waals surface area contributed by atoms with Crippen molar-refractivity contribution in [1.29, 1.82) is 0 Å². The summed E-state index contributed by atoms with van der Waals surface area (Å²) in [5.41, 5.74) is 1.28. The highest BCUT2D eigenvalue weighted by Crippen LogP contribution is 2.22. The van der Waals surface area contributed by atoms with Gasteiger partial charge in [0, 0.05) is 24.8 Å². The molecule has 134 valence electrons. The lowest BCUT2D eigenvalue weighted by Crippen LogP contribution is -2.32. The van der Waals surface area contributed by atoms with Gasteiger partial charge in [-0.2, -0.15) is 4.98 Å². The van der Waals surface area contributed by atoms with Crippen molar-refractivity contribution < 1.29 is 0 Å². The van der Waals surface area contributed by atoms with Gasteiger partial charge in [-0.05, 0) is 38.3 Å². The first-order valence-corrected chi connectivity index (χ1v) is 9.62. The molecule has 1 aliphatic carbocycles. The van der Waals surface area contributed by atoms with E-state index in [-0.39, 0.29) is 0 Å². The van der Waals surface area contributed by atoms with Gasteiger partial charge in [0.2, 0.25) is 5.95 Å². The minimum absolute atomic E-state index is 0.341. The molecule has 2 aromatic rings. The lowest BCUT2D eigenvalue weighted by molar-refractivity contribution is 0.615. The van der Waals surface area contributed by atoms with Gasteiger partial charge in [-0.25, -0.2) is 4.98 Å². The first-order chi connectivity index (χ1) is 12.2. The summed E-state index contributed by atoms with van der Waals surface area (Å²) >= 11 is 0. The van der Waals surface area contributed by atoms with Crippen LogP contribution in [0.2, 0.25) is 0 Å². The number of rotatable bonds is 6. The Kier molecular flexibility index (Phi) is 6.26. The number of hydrogen-bond acceptors (Lipinski definition) is 4. The SMILES string of the molecule is CC(C)N(Cc1ccccc1)c1nccc(NC2CCCCCC2)n1. The molecule has 0 unspecified atom stereocenters. The normalized spacial score (nSPS) is 15.8. The molecule has 1 aromatic carbocycles. The summed E-state index contributed by atoms with van der Waals surface area (Å²) < 4.78 is 0. The van der Waals surface area contributed by atoms with Gasteiger partial charge >= 0.3 is 0 Å². The molecule has 0 amide bonds. The second kappa shape index (κ2) is 8.84. The predicted molar refractivity (Wildman–Crippen MR) is 105 cm³/mol. The summed E-state index contributed by atoms with van der Waals surface area (Å²) in [6.45, 7) is 5.21. The van der Waals surface area contributed by atoms with E-state index in [4.69, 9.17) is 4.98 Å². The van der Waals surface area contributed by atoms with Gasteiger partial charge in [-0.1, -0.05) is 56.0 Å². The smallest absolute Gasteiger partial charge is 0.227 e. The molecule has 1 aromatic heterocycles. The van der Waals surface area contributed by atoms with E-state index < -0.39 is 0 Å². The third-order valence-corrected chi connectivity index (χ3v) is 4.93. The molecule has 0 atom stereocenters. The number of anilines is 2. The highest BCUT2D eigenvalue weighted by molar-refractivity contribution is 5.43. The van der Waals surface area contributed by atoms with Gasteiger partial charge in [0.05, 0.1) is 0 Å². The lowest BCUT2D eigenvalue weighted by Gasteiger charge is -2.27. The van der Waals surface area contributed by atoms with Crippen LogP contribution in [0.3, 0.4) is 0 Å². The van der Waals surface area contributed by atoms with Crippen molar-refractivity contribution in [3.05, 3.63) is 48.2 Å². The largest absolute Gasteiger partial charge is 0.367 e. The topological polar surface area (TPSA) is 41.1 Å². The van der Waals surface area contributed by atoms with Gasteiger partial charge < -0.3 is 10.2 Å². The van der Waals surface area contributed by atoms with Crippen LogP contribution in [0.15, 0.2) is 42.6 Å². The number of hydrogen-bond donors (Lipinski definition) is 1. The van der Waals surface area contributed by atoms with Gasteiger partial charge in [0.1, 0.15) is 5.82 Å². The number of benzene rings is 1. The highest BCUT2D eigenvalue weighted by atomic mass is 15.3. The Morgan fingerprint density at radius 3 is 2.44 bits per heavy atom. The number of aromatic nitrogens is 2. The molecule has 0 spiro atoms. The quantitative estimate of drug-likeness (QED) is 0.750. The van der Waals surface area contributed by atoms with E-state index in [9.17, 15) is 0 Å².